The number of nitrogens with zero attached hydrogens (tertiary/aromatic N) is 3. The van der Waals surface area contributed by atoms with Crippen LogP contribution in [0.25, 0.3) is 85.4 Å². The molecule has 0 unspecified atom stereocenters. The maximum Gasteiger partial charge on any atom is 3.00 e. The van der Waals surface area contributed by atoms with E-state index in [1.165, 1.54) is 100 Å². The molecule has 4 nitrogen and oxygen atoms in total. The van der Waals surface area contributed by atoms with Crippen molar-refractivity contribution in [2.24, 2.45) is 0 Å². The summed E-state index contributed by atoms with van der Waals surface area (Å²) in [5.74, 6) is 0. The number of rotatable bonds is 4. The topological polar surface area (TPSA) is 46.5 Å². The number of nitrogens with one attached hydrogen (secondary N) is 1. The first-order valence-corrected chi connectivity index (χ1v) is 21.1. The Morgan fingerprint density at radius 1 is 0.387 bits per heavy atom. The number of aromatic amines is 1. The average Bonchev–Trinajstić information content (AvgIpc) is 3.95. The van der Waals surface area contributed by atoms with Gasteiger partial charge in [0.05, 0.1) is 39.5 Å². The second kappa shape index (κ2) is 17.2. The van der Waals surface area contributed by atoms with E-state index >= 15 is 0 Å². The number of hydrogen-bond acceptors (Lipinski definition) is 2. The van der Waals surface area contributed by atoms with Crippen LogP contribution in [0.15, 0.2) is 78.9 Å². The van der Waals surface area contributed by atoms with Crippen LogP contribution in [-0.2, 0) is 19.5 Å². The van der Waals surface area contributed by atoms with Crippen molar-refractivity contribution in [3.63, 3.8) is 0 Å². The van der Waals surface area contributed by atoms with Gasteiger partial charge in [0.1, 0.15) is 0 Å². The van der Waals surface area contributed by atoms with Gasteiger partial charge in [-0.25, -0.2) is 9.97 Å². The molecule has 0 saturated carbocycles. The third-order valence-electron chi connectivity index (χ3n) is 12.3. The van der Waals surface area contributed by atoms with Crippen LogP contribution in [0.3, 0.4) is 0 Å². The van der Waals surface area contributed by atoms with Gasteiger partial charge in [-0.3, -0.25) is 0 Å². The van der Waals surface area contributed by atoms with Crippen LogP contribution >= 0.6 is 0 Å². The smallest absolute Gasteiger partial charge is 1.00 e. The fraction of sp³-hybridized carbons (Fsp3) is 0.214. The monoisotopic (exact) mass is 1010 g/mol. The first kappa shape index (κ1) is 44.9. The number of hydrogen-bond donors (Lipinski definition) is 1. The van der Waals surface area contributed by atoms with Crippen molar-refractivity contribution in [3.05, 3.63) is 168 Å². The van der Waals surface area contributed by atoms with Gasteiger partial charge in [0.2, 0.25) is 0 Å². The molecule has 2 aliphatic heterocycles. The Bertz CT molecular complexity index is 3140. The summed E-state index contributed by atoms with van der Waals surface area (Å²) < 4.78 is 2.60. The van der Waals surface area contributed by atoms with Gasteiger partial charge in [0, 0.05) is 27.7 Å². The fourth-order valence-electron chi connectivity index (χ4n) is 10.5. The van der Waals surface area contributed by atoms with Crippen LogP contribution in [0, 0.1) is 83.1 Å². The van der Waals surface area contributed by atoms with E-state index in [1.807, 2.05) is 0 Å². The van der Waals surface area contributed by atoms with Crippen LogP contribution in [0.4, 0.5) is 0 Å². The number of aromatic nitrogens is 4. The van der Waals surface area contributed by atoms with E-state index in [2.05, 4.69) is 196 Å². The summed E-state index contributed by atoms with van der Waals surface area (Å²) in [5.41, 5.74) is 31.2. The van der Waals surface area contributed by atoms with Gasteiger partial charge in [-0.2, -0.15) is 0 Å². The number of halogens is 1. The van der Waals surface area contributed by atoms with E-state index in [9.17, 15) is 0 Å². The molecular weight excluding hydrogens is 958 g/mol. The van der Waals surface area contributed by atoms with E-state index in [0.29, 0.717) is 0 Å². The Morgan fingerprint density at radius 2 is 0.758 bits per heavy atom. The summed E-state index contributed by atoms with van der Waals surface area (Å²) >= 11 is 0. The van der Waals surface area contributed by atoms with Gasteiger partial charge < -0.3 is 33.5 Å². The maximum atomic E-state index is 5.56. The van der Waals surface area contributed by atoms with Crippen LogP contribution in [-0.4, -0.2) is 19.5 Å². The number of aryl methyl sites for hydroxylation is 12. The molecule has 8 bridgehead atoms. The number of benzene rings is 4. The molecule has 1 N–H and O–H groups in total. The van der Waals surface area contributed by atoms with Gasteiger partial charge >= 0.3 is 19.5 Å². The molecule has 0 saturated heterocycles. The third kappa shape index (κ3) is 7.90. The minimum absolute atomic E-state index is 0. The molecule has 2 aliphatic rings. The normalized spacial score (nSPS) is 11.8. The standard InChI is InChI=1S/C56H54N4.HI.Rh/c1-30-19-34(5)49(35(6)20-30)52-47-18-17-45(59-47)28-44-14-13-42(57-44)27-43-15-16-46(58-43)29-48-53(50-36(7)21-31(2)22-37(50)8)54(51-38(9)23-32(3)24-39(51)10)56(52)60(48)55-40(11)25-33(4)26-41(55)12;;/h13-29,57H,1-12H3;1H;/q;;+3/p-1. The Hall–Kier alpha value is -5.17. The van der Waals surface area contributed by atoms with Crippen molar-refractivity contribution >= 4 is 46.4 Å². The molecule has 0 amide bonds. The predicted octanol–water partition coefficient (Wildman–Crippen LogP) is 11.8. The molecule has 0 aliphatic carbocycles. The van der Waals surface area contributed by atoms with Crippen LogP contribution in [0.5, 0.6) is 0 Å². The van der Waals surface area contributed by atoms with Gasteiger partial charge in [-0.15, -0.1) is 0 Å². The molecule has 312 valence electrons. The zero-order valence-corrected chi connectivity index (χ0v) is 41.7. The van der Waals surface area contributed by atoms with E-state index in [1.54, 1.807) is 0 Å². The number of fused-ring (bicyclic) bond motifs is 8. The Labute approximate surface area is 397 Å². The van der Waals surface area contributed by atoms with Crippen molar-refractivity contribution in [2.45, 2.75) is 83.1 Å². The Kier molecular flexibility index (Phi) is 12.4. The molecular formula is C56H54IN4Rh+2. The van der Waals surface area contributed by atoms with E-state index < -0.39 is 0 Å². The first-order chi connectivity index (χ1) is 28.6. The largest absolute Gasteiger partial charge is 3.00 e. The van der Waals surface area contributed by atoms with Crippen molar-refractivity contribution in [3.8, 4) is 39.1 Å². The van der Waals surface area contributed by atoms with Gasteiger partial charge in [-0.05, 0) is 199 Å². The van der Waals surface area contributed by atoms with Gasteiger partial charge in [-0.1, -0.05) is 70.8 Å². The van der Waals surface area contributed by atoms with E-state index in [0.717, 1.165) is 50.4 Å². The van der Waals surface area contributed by atoms with Crippen LogP contribution < -0.4 is 24.0 Å². The second-order valence-corrected chi connectivity index (χ2v) is 17.6. The minimum atomic E-state index is 0. The molecule has 0 atom stereocenters. The molecule has 5 heterocycles. The zero-order valence-electron chi connectivity index (χ0n) is 37.9. The molecule has 9 rings (SSSR count). The van der Waals surface area contributed by atoms with Crippen LogP contribution in [0.2, 0.25) is 0 Å². The summed E-state index contributed by atoms with van der Waals surface area (Å²) in [7, 11) is 0. The molecule has 62 heavy (non-hydrogen) atoms. The average molecular weight is 1010 g/mol. The van der Waals surface area contributed by atoms with Crippen LogP contribution in [0.1, 0.15) is 89.5 Å². The summed E-state index contributed by atoms with van der Waals surface area (Å²) in [5, 5.41) is 0. The Morgan fingerprint density at radius 3 is 1.23 bits per heavy atom. The molecule has 0 radical (unpaired) electrons. The fourth-order valence-corrected chi connectivity index (χ4v) is 10.5. The quantitative estimate of drug-likeness (QED) is 0.141. The minimum Gasteiger partial charge on any atom is -1.00 e. The molecule has 6 heteroatoms. The maximum absolute atomic E-state index is 5.56. The summed E-state index contributed by atoms with van der Waals surface area (Å²) in [6.45, 7) is 27.0. The molecule has 4 aromatic carbocycles. The second-order valence-electron chi connectivity index (χ2n) is 17.6. The zero-order chi connectivity index (χ0) is 42.3. The number of H-pyrrole nitrogens is 1. The van der Waals surface area contributed by atoms with E-state index in [4.69, 9.17) is 9.97 Å². The summed E-state index contributed by atoms with van der Waals surface area (Å²) in [4.78, 5) is 14.4. The first-order valence-electron chi connectivity index (χ1n) is 21.1. The molecule has 3 aromatic heterocycles. The van der Waals surface area contributed by atoms with Gasteiger partial charge in [0.15, 0.2) is 0 Å². The summed E-state index contributed by atoms with van der Waals surface area (Å²) in [6.07, 6.45) is 8.69. The molecule has 7 aromatic rings. The molecule has 0 spiro atoms. The van der Waals surface area contributed by atoms with E-state index in [-0.39, 0.29) is 43.5 Å². The van der Waals surface area contributed by atoms with Crippen molar-refractivity contribution in [1.29, 1.82) is 0 Å². The van der Waals surface area contributed by atoms with Crippen molar-refractivity contribution in [1.82, 2.24) is 19.5 Å². The predicted molar refractivity (Wildman–Crippen MR) is 257 cm³/mol. The van der Waals surface area contributed by atoms with Crippen molar-refractivity contribution in [2.75, 3.05) is 0 Å². The summed E-state index contributed by atoms with van der Waals surface area (Å²) in [6, 6.07) is 29.6. The van der Waals surface area contributed by atoms with Gasteiger partial charge in [0.25, 0.3) is 0 Å². The third-order valence-corrected chi connectivity index (χ3v) is 12.3. The SMILES string of the molecule is Cc1cc(C)c(-c2c(-c3c(C)cc(C)cc3C)c3c(-c4c(C)cc(C)cc4C)c4nc(cc5ccc(cc6nc(cc2n3-c2c(C)cc(C)cc2C)C=C6)[nH]5)C=C4)c(C)c1.[I-].[Rh+3]. The molecule has 0 fully saturated rings. The Balaban J connectivity index is 0.00000289. The van der Waals surface area contributed by atoms with Crippen molar-refractivity contribution < 1.29 is 43.5 Å².